The maximum atomic E-state index is 13.0. The van der Waals surface area contributed by atoms with Crippen molar-refractivity contribution in [1.29, 1.82) is 0 Å². The predicted molar refractivity (Wildman–Crippen MR) is 45.8 cm³/mol. The zero-order valence-electron chi connectivity index (χ0n) is 6.85. The highest BCUT2D eigenvalue weighted by Crippen LogP contribution is 2.40. The molecule has 0 aromatic heterocycles. The van der Waals surface area contributed by atoms with Gasteiger partial charge in [-0.15, -0.1) is 0 Å². The van der Waals surface area contributed by atoms with Gasteiger partial charge in [0.25, 0.3) is 0 Å². The lowest BCUT2D eigenvalue weighted by atomic mass is 10.1. The monoisotopic (exact) mass is 263 g/mol. The fourth-order valence-corrected chi connectivity index (χ4v) is 1.35. The summed E-state index contributed by atoms with van der Waals surface area (Å²) in [5.74, 6) is -3.81. The molecule has 0 unspecified atom stereocenters. The van der Waals surface area contributed by atoms with Gasteiger partial charge in [-0.1, -0.05) is 23.2 Å². The topological polar surface area (TPSA) is 0 Å². The number of benzene rings is 1. The first-order valence-electron chi connectivity index (χ1n) is 3.43. The highest BCUT2D eigenvalue weighted by molar-refractivity contribution is 6.36. The quantitative estimate of drug-likeness (QED) is 0.479. The van der Waals surface area contributed by atoms with Crippen molar-refractivity contribution in [2.24, 2.45) is 0 Å². The summed E-state index contributed by atoms with van der Waals surface area (Å²) in [6.07, 6.45) is -5.20. The Morgan fingerprint density at radius 1 is 0.933 bits per heavy atom. The molecule has 7 heteroatoms. The van der Waals surface area contributed by atoms with Crippen molar-refractivity contribution in [2.75, 3.05) is 0 Å². The zero-order valence-corrected chi connectivity index (χ0v) is 8.36. The second-order valence-corrected chi connectivity index (χ2v) is 3.36. The molecule has 0 aliphatic carbocycles. The Morgan fingerprint density at radius 3 is 1.53 bits per heavy atom. The molecule has 0 bridgehead atoms. The Morgan fingerprint density at radius 2 is 1.27 bits per heavy atom. The van der Waals surface area contributed by atoms with E-state index in [1.807, 2.05) is 0 Å². The van der Waals surface area contributed by atoms with Crippen LogP contribution in [0.3, 0.4) is 0 Å². The molecule has 0 nitrogen and oxygen atoms in total. The van der Waals surface area contributed by atoms with Crippen molar-refractivity contribution >= 4 is 23.2 Å². The van der Waals surface area contributed by atoms with Gasteiger partial charge in [-0.2, -0.15) is 13.2 Å². The minimum absolute atomic E-state index is 0.513. The molecule has 1 aromatic rings. The van der Waals surface area contributed by atoms with Crippen LogP contribution in [-0.2, 0) is 6.18 Å². The summed E-state index contributed by atoms with van der Waals surface area (Å²) < 4.78 is 62.6. The summed E-state index contributed by atoms with van der Waals surface area (Å²) in [6.45, 7) is 3.05. The SMILES string of the molecule is [CH2]c1c(Cl)c(F)c(C(F)(F)F)c(F)c1Cl. The molecule has 0 N–H and O–H groups in total. The first kappa shape index (κ1) is 12.5. The summed E-state index contributed by atoms with van der Waals surface area (Å²) in [6, 6.07) is 0. The normalized spacial score (nSPS) is 12.0. The van der Waals surface area contributed by atoms with Gasteiger partial charge in [-0.05, 0) is 12.5 Å². The van der Waals surface area contributed by atoms with Gasteiger partial charge in [0.15, 0.2) is 11.6 Å². The molecule has 15 heavy (non-hydrogen) atoms. The van der Waals surface area contributed by atoms with E-state index in [4.69, 9.17) is 23.2 Å². The summed E-state index contributed by atoms with van der Waals surface area (Å²) in [7, 11) is 0. The Hall–Kier alpha value is -0.550. The Labute approximate surface area is 91.6 Å². The Kier molecular flexibility index (Phi) is 3.16. The van der Waals surface area contributed by atoms with E-state index in [2.05, 4.69) is 6.92 Å². The molecule has 0 saturated heterocycles. The summed E-state index contributed by atoms with van der Waals surface area (Å²) in [5, 5.41) is -1.87. The van der Waals surface area contributed by atoms with E-state index in [1.54, 1.807) is 0 Å². The van der Waals surface area contributed by atoms with Crippen LogP contribution >= 0.6 is 23.2 Å². The van der Waals surface area contributed by atoms with Crippen molar-refractivity contribution in [3.05, 3.63) is 39.7 Å². The lowest BCUT2D eigenvalue weighted by molar-refractivity contribution is -0.142. The fraction of sp³-hybridized carbons (Fsp3) is 0.125. The van der Waals surface area contributed by atoms with E-state index < -0.39 is 39.0 Å². The van der Waals surface area contributed by atoms with Crippen molar-refractivity contribution in [3.8, 4) is 0 Å². The first-order valence-corrected chi connectivity index (χ1v) is 4.18. The van der Waals surface area contributed by atoms with Crippen molar-refractivity contribution in [1.82, 2.24) is 0 Å². The van der Waals surface area contributed by atoms with Gasteiger partial charge in [0.1, 0.15) is 5.56 Å². The largest absolute Gasteiger partial charge is 0.422 e. The van der Waals surface area contributed by atoms with Crippen LogP contribution in [0.1, 0.15) is 11.1 Å². The third-order valence-electron chi connectivity index (χ3n) is 1.64. The summed E-state index contributed by atoms with van der Waals surface area (Å²) in [5.41, 5.74) is -2.62. The molecular weight excluding hydrogens is 262 g/mol. The summed E-state index contributed by atoms with van der Waals surface area (Å²) in [4.78, 5) is 0. The maximum Gasteiger partial charge on any atom is 0.422 e. The van der Waals surface area contributed by atoms with Crippen LogP contribution in [0.15, 0.2) is 0 Å². The average molecular weight is 264 g/mol. The molecule has 1 aromatic carbocycles. The van der Waals surface area contributed by atoms with E-state index in [0.29, 0.717) is 0 Å². The van der Waals surface area contributed by atoms with Gasteiger partial charge < -0.3 is 0 Å². The van der Waals surface area contributed by atoms with Gasteiger partial charge in [0.05, 0.1) is 10.0 Å². The smallest absolute Gasteiger partial charge is 0.205 e. The van der Waals surface area contributed by atoms with Crippen LogP contribution in [0, 0.1) is 18.6 Å². The lowest BCUT2D eigenvalue weighted by Crippen LogP contribution is -2.13. The number of rotatable bonds is 0. The van der Waals surface area contributed by atoms with Gasteiger partial charge in [-0.25, -0.2) is 8.78 Å². The summed E-state index contributed by atoms with van der Waals surface area (Å²) >= 11 is 10.4. The van der Waals surface area contributed by atoms with Gasteiger partial charge >= 0.3 is 6.18 Å². The fourth-order valence-electron chi connectivity index (χ4n) is 0.926. The molecule has 0 atom stereocenters. The number of alkyl halides is 3. The molecule has 0 spiro atoms. The van der Waals surface area contributed by atoms with Crippen LogP contribution in [-0.4, -0.2) is 0 Å². The van der Waals surface area contributed by atoms with Crippen LogP contribution in [0.25, 0.3) is 0 Å². The van der Waals surface area contributed by atoms with E-state index in [9.17, 15) is 22.0 Å². The second-order valence-electron chi connectivity index (χ2n) is 2.61. The van der Waals surface area contributed by atoms with Gasteiger partial charge in [-0.3, -0.25) is 0 Å². The molecule has 0 amide bonds. The van der Waals surface area contributed by atoms with E-state index in [0.717, 1.165) is 0 Å². The molecule has 0 saturated carbocycles. The molecule has 0 aliphatic heterocycles. The van der Waals surface area contributed by atoms with Gasteiger partial charge in [0, 0.05) is 0 Å². The third-order valence-corrected chi connectivity index (χ3v) is 2.43. The zero-order chi connectivity index (χ0) is 12.0. The Bertz CT molecular complexity index is 381. The molecule has 0 aliphatic rings. The molecule has 0 heterocycles. The molecule has 83 valence electrons. The van der Waals surface area contributed by atoms with Crippen LogP contribution in [0.4, 0.5) is 22.0 Å². The number of hydrogen-bond acceptors (Lipinski definition) is 0. The second kappa shape index (κ2) is 3.79. The lowest BCUT2D eigenvalue weighted by Gasteiger charge is -2.13. The highest BCUT2D eigenvalue weighted by atomic mass is 35.5. The number of hydrogen-bond donors (Lipinski definition) is 0. The highest BCUT2D eigenvalue weighted by Gasteiger charge is 2.40. The van der Waals surface area contributed by atoms with Crippen molar-refractivity contribution in [3.63, 3.8) is 0 Å². The van der Waals surface area contributed by atoms with Crippen molar-refractivity contribution < 1.29 is 22.0 Å². The molecule has 1 radical (unpaired) electrons. The first-order chi connectivity index (χ1) is 6.68. The van der Waals surface area contributed by atoms with E-state index >= 15 is 0 Å². The van der Waals surface area contributed by atoms with E-state index in [-0.39, 0.29) is 0 Å². The molecule has 1 rings (SSSR count). The Balaban J connectivity index is 3.68. The molecular formula is C8H2Cl2F5. The maximum absolute atomic E-state index is 13.0. The minimum atomic E-state index is -5.20. The van der Waals surface area contributed by atoms with Gasteiger partial charge in [0.2, 0.25) is 0 Å². The average Bonchev–Trinajstić information content (AvgIpc) is 2.09. The number of halogens is 7. The standard InChI is InChI=1S/C8H2Cl2F5/c1-2-4(9)6(11)3(8(13,14)15)7(12)5(2)10/h1H2. The van der Waals surface area contributed by atoms with Crippen LogP contribution in [0.2, 0.25) is 10.0 Å². The van der Waals surface area contributed by atoms with E-state index in [1.165, 1.54) is 0 Å². The van der Waals surface area contributed by atoms with Crippen molar-refractivity contribution in [2.45, 2.75) is 6.18 Å². The van der Waals surface area contributed by atoms with Crippen LogP contribution < -0.4 is 0 Å². The van der Waals surface area contributed by atoms with Crippen LogP contribution in [0.5, 0.6) is 0 Å². The third kappa shape index (κ3) is 2.03. The minimum Gasteiger partial charge on any atom is -0.205 e. The predicted octanol–water partition coefficient (Wildman–Crippen LogP) is 4.47. The molecule has 0 fully saturated rings.